The van der Waals surface area contributed by atoms with Crippen molar-refractivity contribution < 1.29 is 0 Å². The predicted molar refractivity (Wildman–Crippen MR) is 74.3 cm³/mol. The van der Waals surface area contributed by atoms with E-state index in [9.17, 15) is 0 Å². The lowest BCUT2D eigenvalue weighted by atomic mass is 10.0. The third-order valence-corrected chi connectivity index (χ3v) is 5.78. The van der Waals surface area contributed by atoms with Gasteiger partial charge in [-0.2, -0.15) is 0 Å². The Balaban J connectivity index is 2.09. The maximum absolute atomic E-state index is 5.81. The zero-order chi connectivity index (χ0) is 12.4. The van der Waals surface area contributed by atoms with E-state index in [0.29, 0.717) is 16.7 Å². The molecule has 1 saturated carbocycles. The molecule has 17 heavy (non-hydrogen) atoms. The highest BCUT2D eigenvalue weighted by Crippen LogP contribution is 2.74. The molecule has 0 unspecified atom stereocenters. The fraction of sp³-hybridized carbons (Fsp3) is 0.500. The van der Waals surface area contributed by atoms with E-state index in [1.807, 2.05) is 18.2 Å². The molecule has 0 atom stereocenters. The Hall–Kier alpha value is -1.09. The van der Waals surface area contributed by atoms with Crippen LogP contribution < -0.4 is 5.73 Å². The van der Waals surface area contributed by atoms with Gasteiger partial charge in [0.2, 0.25) is 0 Å². The van der Waals surface area contributed by atoms with Gasteiger partial charge in [-0.05, 0) is 29.0 Å². The SMILES string of the molecule is CC1(C)C(c2nc3ccc(N)cc3s2)C1(C)C. The number of hydrogen-bond acceptors (Lipinski definition) is 3. The van der Waals surface area contributed by atoms with E-state index >= 15 is 0 Å². The largest absolute Gasteiger partial charge is 0.399 e. The molecule has 2 aromatic rings. The Labute approximate surface area is 106 Å². The molecule has 3 rings (SSSR count). The number of hydrogen-bond donors (Lipinski definition) is 1. The van der Waals surface area contributed by atoms with E-state index in [2.05, 4.69) is 27.7 Å². The number of nitrogens with two attached hydrogens (primary N) is 1. The van der Waals surface area contributed by atoms with E-state index in [-0.39, 0.29) is 0 Å². The first-order valence-corrected chi connectivity index (χ1v) is 6.81. The average molecular weight is 246 g/mol. The van der Waals surface area contributed by atoms with Gasteiger partial charge in [-0.15, -0.1) is 11.3 Å². The Morgan fingerprint density at radius 3 is 2.41 bits per heavy atom. The second kappa shape index (κ2) is 3.02. The maximum atomic E-state index is 5.81. The molecule has 1 aliphatic rings. The summed E-state index contributed by atoms with van der Waals surface area (Å²) in [5.74, 6) is 0.577. The van der Waals surface area contributed by atoms with Gasteiger partial charge in [0.05, 0.1) is 15.2 Å². The highest BCUT2D eigenvalue weighted by molar-refractivity contribution is 7.18. The molecule has 0 bridgehead atoms. The topological polar surface area (TPSA) is 38.9 Å². The molecule has 2 N–H and O–H groups in total. The molecule has 0 amide bonds. The van der Waals surface area contributed by atoms with Gasteiger partial charge in [-0.1, -0.05) is 27.7 Å². The van der Waals surface area contributed by atoms with Crippen molar-refractivity contribution in [2.24, 2.45) is 10.8 Å². The second-order valence-corrected chi connectivity index (χ2v) is 7.22. The normalized spacial score (nSPS) is 21.9. The van der Waals surface area contributed by atoms with Gasteiger partial charge in [0.25, 0.3) is 0 Å². The van der Waals surface area contributed by atoms with Gasteiger partial charge in [-0.3, -0.25) is 0 Å². The predicted octanol–water partition coefficient (Wildman–Crippen LogP) is 4.03. The molecule has 1 aliphatic carbocycles. The lowest BCUT2D eigenvalue weighted by molar-refractivity contribution is 0.457. The van der Waals surface area contributed by atoms with Crippen LogP contribution in [0.1, 0.15) is 38.6 Å². The van der Waals surface area contributed by atoms with Crippen molar-refractivity contribution in [2.45, 2.75) is 33.6 Å². The first-order valence-electron chi connectivity index (χ1n) is 6.00. The summed E-state index contributed by atoms with van der Waals surface area (Å²) >= 11 is 1.80. The summed E-state index contributed by atoms with van der Waals surface area (Å²) in [6.45, 7) is 9.33. The summed E-state index contributed by atoms with van der Waals surface area (Å²) in [6.07, 6.45) is 0. The number of aromatic nitrogens is 1. The molecule has 0 radical (unpaired) electrons. The molecule has 0 saturated heterocycles. The van der Waals surface area contributed by atoms with Crippen LogP contribution in [0.5, 0.6) is 0 Å². The van der Waals surface area contributed by atoms with Gasteiger partial charge < -0.3 is 5.73 Å². The number of rotatable bonds is 1. The summed E-state index contributed by atoms with van der Waals surface area (Å²) in [4.78, 5) is 4.77. The first-order chi connectivity index (χ1) is 7.84. The lowest BCUT2D eigenvalue weighted by Gasteiger charge is -2.03. The molecule has 0 aliphatic heterocycles. The lowest BCUT2D eigenvalue weighted by Crippen LogP contribution is -1.95. The van der Waals surface area contributed by atoms with Gasteiger partial charge in [0.15, 0.2) is 0 Å². The van der Waals surface area contributed by atoms with Crippen molar-refractivity contribution in [3.8, 4) is 0 Å². The number of fused-ring (bicyclic) bond motifs is 1. The number of thiazole rings is 1. The van der Waals surface area contributed by atoms with Crippen LogP contribution in [0.4, 0.5) is 5.69 Å². The minimum Gasteiger partial charge on any atom is -0.399 e. The fourth-order valence-corrected chi connectivity index (χ4v) is 4.39. The van der Waals surface area contributed by atoms with Crippen LogP contribution >= 0.6 is 11.3 Å². The monoisotopic (exact) mass is 246 g/mol. The van der Waals surface area contributed by atoms with Gasteiger partial charge in [0.1, 0.15) is 0 Å². The van der Waals surface area contributed by atoms with Crippen molar-refractivity contribution in [1.82, 2.24) is 4.98 Å². The fourth-order valence-electron chi connectivity index (χ4n) is 2.90. The smallest absolute Gasteiger partial charge is 0.0980 e. The highest BCUT2D eigenvalue weighted by Gasteiger charge is 2.66. The Morgan fingerprint density at radius 2 is 1.82 bits per heavy atom. The van der Waals surface area contributed by atoms with Crippen molar-refractivity contribution in [3.63, 3.8) is 0 Å². The molecule has 2 nitrogen and oxygen atoms in total. The number of nitrogens with zero attached hydrogens (tertiary/aromatic N) is 1. The summed E-state index contributed by atoms with van der Waals surface area (Å²) < 4.78 is 1.21. The van der Waals surface area contributed by atoms with E-state index in [4.69, 9.17) is 10.7 Å². The maximum Gasteiger partial charge on any atom is 0.0980 e. The molecule has 1 fully saturated rings. The standard InChI is InChI=1S/C14H18N2S/c1-13(2)11(14(13,3)4)12-16-9-6-5-8(15)7-10(9)17-12/h5-7,11H,15H2,1-4H3. The van der Waals surface area contributed by atoms with Crippen LogP contribution in [0.3, 0.4) is 0 Å². The summed E-state index contributed by atoms with van der Waals surface area (Å²) in [7, 11) is 0. The number of benzene rings is 1. The van der Waals surface area contributed by atoms with Crippen LogP contribution in [0.2, 0.25) is 0 Å². The quantitative estimate of drug-likeness (QED) is 0.772. The third kappa shape index (κ3) is 1.35. The van der Waals surface area contributed by atoms with Crippen molar-refractivity contribution in [1.29, 1.82) is 0 Å². The van der Waals surface area contributed by atoms with Gasteiger partial charge in [-0.25, -0.2) is 4.98 Å². The van der Waals surface area contributed by atoms with Crippen molar-refractivity contribution >= 4 is 27.2 Å². The van der Waals surface area contributed by atoms with Crippen LogP contribution in [-0.2, 0) is 0 Å². The second-order valence-electron chi connectivity index (χ2n) is 6.16. The summed E-state index contributed by atoms with van der Waals surface area (Å²) in [5, 5.41) is 1.26. The molecule has 1 heterocycles. The zero-order valence-corrected chi connectivity index (χ0v) is 11.6. The van der Waals surface area contributed by atoms with E-state index in [1.54, 1.807) is 11.3 Å². The molecular formula is C14H18N2S. The number of nitrogen functional groups attached to an aromatic ring is 1. The minimum absolute atomic E-state index is 0.354. The van der Waals surface area contributed by atoms with Crippen molar-refractivity contribution in [2.75, 3.05) is 5.73 Å². The Kier molecular flexibility index (Phi) is 1.96. The molecule has 3 heteroatoms. The Bertz CT molecular complexity index is 581. The van der Waals surface area contributed by atoms with E-state index in [1.165, 1.54) is 9.71 Å². The number of anilines is 1. The summed E-state index contributed by atoms with van der Waals surface area (Å²) in [5.41, 5.74) is 8.42. The summed E-state index contributed by atoms with van der Waals surface area (Å²) in [6, 6.07) is 5.97. The van der Waals surface area contributed by atoms with E-state index < -0.39 is 0 Å². The Morgan fingerprint density at radius 1 is 1.18 bits per heavy atom. The van der Waals surface area contributed by atoms with Crippen molar-refractivity contribution in [3.05, 3.63) is 23.2 Å². The van der Waals surface area contributed by atoms with Crippen LogP contribution in [0, 0.1) is 10.8 Å². The molecule has 90 valence electrons. The molecule has 1 aromatic heterocycles. The molecule has 1 aromatic carbocycles. The third-order valence-electron chi connectivity index (χ3n) is 4.70. The average Bonchev–Trinajstić information content (AvgIpc) is 2.56. The molecular weight excluding hydrogens is 228 g/mol. The highest BCUT2D eigenvalue weighted by atomic mass is 32.1. The van der Waals surface area contributed by atoms with Gasteiger partial charge >= 0.3 is 0 Å². The van der Waals surface area contributed by atoms with Gasteiger partial charge in [0, 0.05) is 11.6 Å². The van der Waals surface area contributed by atoms with E-state index in [0.717, 1.165) is 11.2 Å². The first kappa shape index (κ1) is 11.0. The zero-order valence-electron chi connectivity index (χ0n) is 10.7. The molecule has 0 spiro atoms. The van der Waals surface area contributed by atoms with Crippen LogP contribution in [-0.4, -0.2) is 4.98 Å². The van der Waals surface area contributed by atoms with Crippen LogP contribution in [0.25, 0.3) is 10.2 Å². The minimum atomic E-state index is 0.354. The van der Waals surface area contributed by atoms with Crippen LogP contribution in [0.15, 0.2) is 18.2 Å².